The van der Waals surface area contributed by atoms with Crippen LogP contribution < -0.4 is 10.5 Å². The lowest BCUT2D eigenvalue weighted by Gasteiger charge is -2.33. The molecule has 0 aromatic heterocycles. The first-order valence-corrected chi connectivity index (χ1v) is 9.27. The Bertz CT molecular complexity index is 786. The van der Waals surface area contributed by atoms with Crippen LogP contribution in [0.4, 0.5) is 0 Å². The molecule has 3 rings (SSSR count). The summed E-state index contributed by atoms with van der Waals surface area (Å²) in [6.45, 7) is 2.33. The standard InChI is InChI=1S/C19H22Cl2N2O2/c1-3-5-19-6-4-12(24)8-13(19)16-11(9-19)7-14(17(20)18(16)21)25-10-15(22)23-2/h7-8H,3-6,9-10H2,1-2H3,(H2,22,23)/t19-/m1/s1. The molecule has 0 heterocycles. The minimum absolute atomic E-state index is 0.0134. The van der Waals surface area contributed by atoms with E-state index in [-0.39, 0.29) is 17.8 Å². The first-order valence-electron chi connectivity index (χ1n) is 8.52. The summed E-state index contributed by atoms with van der Waals surface area (Å²) in [7, 11) is 1.61. The van der Waals surface area contributed by atoms with Crippen LogP contribution in [-0.4, -0.2) is 25.3 Å². The average molecular weight is 381 g/mol. The fourth-order valence-electron chi connectivity index (χ4n) is 4.00. The third-order valence-corrected chi connectivity index (χ3v) is 6.02. The molecule has 2 aliphatic carbocycles. The van der Waals surface area contributed by atoms with Gasteiger partial charge in [-0.1, -0.05) is 36.5 Å². The van der Waals surface area contributed by atoms with E-state index in [1.54, 1.807) is 13.1 Å². The number of carbonyl (C=O) groups is 1. The highest BCUT2D eigenvalue weighted by atomic mass is 35.5. The molecule has 0 bridgehead atoms. The summed E-state index contributed by atoms with van der Waals surface area (Å²) in [5, 5.41) is 0.815. The van der Waals surface area contributed by atoms with Gasteiger partial charge in [0, 0.05) is 24.4 Å². The van der Waals surface area contributed by atoms with E-state index in [0.717, 1.165) is 42.4 Å². The van der Waals surface area contributed by atoms with Gasteiger partial charge in [-0.15, -0.1) is 0 Å². The number of allylic oxidation sites excluding steroid dienone is 2. The van der Waals surface area contributed by atoms with Crippen LogP contribution in [0.1, 0.15) is 43.7 Å². The molecule has 0 fully saturated rings. The van der Waals surface area contributed by atoms with E-state index in [2.05, 4.69) is 11.9 Å². The fourth-order valence-corrected chi connectivity index (χ4v) is 4.52. The number of carbonyl (C=O) groups excluding carboxylic acids is 1. The molecule has 0 saturated carbocycles. The summed E-state index contributed by atoms with van der Waals surface area (Å²) in [5.41, 5.74) is 8.73. The van der Waals surface area contributed by atoms with Crippen molar-refractivity contribution in [3.63, 3.8) is 0 Å². The Morgan fingerprint density at radius 2 is 2.16 bits per heavy atom. The molecule has 1 aromatic carbocycles. The van der Waals surface area contributed by atoms with Crippen molar-refractivity contribution in [3.8, 4) is 5.75 Å². The van der Waals surface area contributed by atoms with Gasteiger partial charge in [-0.3, -0.25) is 9.79 Å². The van der Waals surface area contributed by atoms with Gasteiger partial charge in [0.25, 0.3) is 0 Å². The van der Waals surface area contributed by atoms with Crippen molar-refractivity contribution in [2.75, 3.05) is 13.7 Å². The molecule has 0 radical (unpaired) electrons. The Labute approximate surface area is 158 Å². The second kappa shape index (κ2) is 7.00. The quantitative estimate of drug-likeness (QED) is 0.606. The van der Waals surface area contributed by atoms with Crippen LogP contribution in [0, 0.1) is 5.41 Å². The van der Waals surface area contributed by atoms with Crippen molar-refractivity contribution in [2.45, 2.75) is 39.0 Å². The molecule has 0 unspecified atom stereocenters. The van der Waals surface area contributed by atoms with E-state index in [0.29, 0.717) is 28.1 Å². The summed E-state index contributed by atoms with van der Waals surface area (Å²) in [4.78, 5) is 15.9. The second-order valence-corrected chi connectivity index (χ2v) is 7.53. The average Bonchev–Trinajstić information content (AvgIpc) is 2.90. The predicted molar refractivity (Wildman–Crippen MR) is 103 cm³/mol. The maximum atomic E-state index is 12.0. The Morgan fingerprint density at radius 1 is 1.40 bits per heavy atom. The number of amidine groups is 1. The first-order chi connectivity index (χ1) is 11.9. The van der Waals surface area contributed by atoms with Crippen molar-refractivity contribution in [2.24, 2.45) is 16.1 Å². The molecular weight excluding hydrogens is 359 g/mol. The molecule has 0 aliphatic heterocycles. The number of nitrogens with two attached hydrogens (primary N) is 1. The maximum absolute atomic E-state index is 12.0. The predicted octanol–water partition coefficient (Wildman–Crippen LogP) is 4.45. The van der Waals surface area contributed by atoms with E-state index in [1.807, 2.05) is 6.07 Å². The van der Waals surface area contributed by atoms with Gasteiger partial charge in [-0.05, 0) is 42.5 Å². The van der Waals surface area contributed by atoms with E-state index >= 15 is 0 Å². The van der Waals surface area contributed by atoms with Gasteiger partial charge in [-0.2, -0.15) is 0 Å². The number of rotatable bonds is 5. The van der Waals surface area contributed by atoms with Crippen molar-refractivity contribution in [1.29, 1.82) is 0 Å². The number of benzene rings is 1. The van der Waals surface area contributed by atoms with Crippen LogP contribution in [0.15, 0.2) is 17.1 Å². The highest BCUT2D eigenvalue weighted by Crippen LogP contribution is 2.58. The number of hydrogen-bond donors (Lipinski definition) is 1. The van der Waals surface area contributed by atoms with Crippen molar-refractivity contribution < 1.29 is 9.53 Å². The molecule has 25 heavy (non-hydrogen) atoms. The number of aliphatic imine (C=N–C) groups is 1. The van der Waals surface area contributed by atoms with Crippen LogP contribution in [0.3, 0.4) is 0 Å². The largest absolute Gasteiger partial charge is 0.484 e. The number of hydrogen-bond acceptors (Lipinski definition) is 3. The lowest BCUT2D eigenvalue weighted by atomic mass is 9.70. The zero-order valence-electron chi connectivity index (χ0n) is 14.5. The summed E-state index contributed by atoms with van der Waals surface area (Å²) in [6.07, 6.45) is 6.17. The SMILES string of the molecule is CCC[C@]12CCC(=O)C=C1c1c(cc(OCC(N)=NC)c(Cl)c1Cl)C2. The maximum Gasteiger partial charge on any atom is 0.156 e. The number of ether oxygens (including phenoxy) is 1. The molecule has 6 heteroatoms. The Morgan fingerprint density at radius 3 is 2.84 bits per heavy atom. The second-order valence-electron chi connectivity index (χ2n) is 6.77. The Hall–Kier alpha value is -1.52. The molecule has 1 atom stereocenters. The zero-order valence-corrected chi connectivity index (χ0v) is 16.0. The number of ketones is 1. The van der Waals surface area contributed by atoms with Crippen molar-refractivity contribution in [1.82, 2.24) is 0 Å². The van der Waals surface area contributed by atoms with Gasteiger partial charge >= 0.3 is 0 Å². The molecule has 0 saturated heterocycles. The van der Waals surface area contributed by atoms with E-state index in [1.165, 1.54) is 0 Å². The molecule has 134 valence electrons. The minimum atomic E-state index is -0.0134. The van der Waals surface area contributed by atoms with E-state index in [9.17, 15) is 4.79 Å². The van der Waals surface area contributed by atoms with Gasteiger partial charge in [0.05, 0.1) is 5.02 Å². The lowest BCUT2D eigenvalue weighted by Crippen LogP contribution is -2.25. The van der Waals surface area contributed by atoms with E-state index in [4.69, 9.17) is 33.7 Å². The third kappa shape index (κ3) is 3.18. The zero-order chi connectivity index (χ0) is 18.2. The highest BCUT2D eigenvalue weighted by molar-refractivity contribution is 6.44. The van der Waals surface area contributed by atoms with Gasteiger partial charge in [0.1, 0.15) is 23.2 Å². The normalized spacial score (nSPS) is 22.5. The molecule has 2 aliphatic rings. The minimum Gasteiger partial charge on any atom is -0.484 e. The summed E-state index contributed by atoms with van der Waals surface area (Å²) >= 11 is 13.0. The van der Waals surface area contributed by atoms with Gasteiger partial charge < -0.3 is 10.5 Å². The van der Waals surface area contributed by atoms with E-state index < -0.39 is 0 Å². The monoisotopic (exact) mass is 380 g/mol. The molecule has 0 amide bonds. The van der Waals surface area contributed by atoms with Crippen LogP contribution in [0.2, 0.25) is 10.0 Å². The molecule has 2 N–H and O–H groups in total. The fraction of sp³-hybridized carbons (Fsp3) is 0.474. The smallest absolute Gasteiger partial charge is 0.156 e. The molecule has 4 nitrogen and oxygen atoms in total. The Kier molecular flexibility index (Phi) is 5.12. The van der Waals surface area contributed by atoms with Crippen LogP contribution in [-0.2, 0) is 11.2 Å². The van der Waals surface area contributed by atoms with Crippen LogP contribution >= 0.6 is 23.2 Å². The summed E-state index contributed by atoms with van der Waals surface area (Å²) in [5.74, 6) is 1.06. The highest BCUT2D eigenvalue weighted by Gasteiger charge is 2.45. The van der Waals surface area contributed by atoms with Gasteiger partial charge in [-0.25, -0.2) is 0 Å². The number of fused-ring (bicyclic) bond motifs is 3. The summed E-state index contributed by atoms with van der Waals surface area (Å²) < 4.78 is 5.70. The topological polar surface area (TPSA) is 64.7 Å². The number of nitrogens with zero attached hydrogens (tertiary/aromatic N) is 1. The molecular formula is C19H22Cl2N2O2. The van der Waals surface area contributed by atoms with Gasteiger partial charge in [0.15, 0.2) is 5.78 Å². The van der Waals surface area contributed by atoms with Crippen LogP contribution in [0.5, 0.6) is 5.75 Å². The Balaban J connectivity index is 2.06. The molecule has 0 spiro atoms. The van der Waals surface area contributed by atoms with Crippen molar-refractivity contribution >= 4 is 40.4 Å². The number of halogens is 2. The van der Waals surface area contributed by atoms with Gasteiger partial charge in [0.2, 0.25) is 0 Å². The van der Waals surface area contributed by atoms with Crippen LogP contribution in [0.25, 0.3) is 5.57 Å². The lowest BCUT2D eigenvalue weighted by molar-refractivity contribution is -0.115. The third-order valence-electron chi connectivity index (χ3n) is 5.17. The molecule has 1 aromatic rings. The van der Waals surface area contributed by atoms with Crippen molar-refractivity contribution in [3.05, 3.63) is 33.3 Å². The first kappa shape index (κ1) is 18.3. The summed E-state index contributed by atoms with van der Waals surface area (Å²) in [6, 6.07) is 1.94.